The molecule has 0 saturated heterocycles. The van der Waals surface area contributed by atoms with Crippen molar-refractivity contribution in [1.82, 2.24) is 5.32 Å². The quantitative estimate of drug-likeness (QED) is 0.486. The molecule has 1 N–H and O–H groups in total. The van der Waals surface area contributed by atoms with E-state index >= 15 is 0 Å². The molecule has 0 bridgehead atoms. The average molecular weight is 265 g/mol. The van der Waals surface area contributed by atoms with Gasteiger partial charge in [-0.05, 0) is 31.9 Å². The number of nitrogens with zero attached hydrogens (tertiary/aromatic N) is 1. The Morgan fingerprint density at radius 3 is 3.00 bits per heavy atom. The van der Waals surface area contributed by atoms with Crippen LogP contribution in [0.3, 0.4) is 0 Å². The van der Waals surface area contributed by atoms with Crippen molar-refractivity contribution < 1.29 is 4.84 Å². The van der Waals surface area contributed by atoms with Gasteiger partial charge in [-0.3, -0.25) is 0 Å². The van der Waals surface area contributed by atoms with Crippen LogP contribution in [0.4, 0.5) is 0 Å². The van der Waals surface area contributed by atoms with Crippen LogP contribution in [0.25, 0.3) is 0 Å². The summed E-state index contributed by atoms with van der Waals surface area (Å²) in [7, 11) is 0. The molecule has 1 saturated carbocycles. The maximum atomic E-state index is 5.92. The summed E-state index contributed by atoms with van der Waals surface area (Å²) in [5, 5.41) is 8.06. The summed E-state index contributed by atoms with van der Waals surface area (Å²) in [6.07, 6.45) is 2.50. The maximum absolute atomic E-state index is 5.92. The molecular weight excluding hydrogens is 248 g/mol. The summed E-state index contributed by atoms with van der Waals surface area (Å²) in [6.45, 7) is 6.35. The van der Waals surface area contributed by atoms with Crippen LogP contribution in [0.2, 0.25) is 5.02 Å². The van der Waals surface area contributed by atoms with E-state index in [1.807, 2.05) is 31.2 Å². The molecular formula is C14H17ClN2O. The van der Waals surface area contributed by atoms with Gasteiger partial charge in [0, 0.05) is 16.6 Å². The second-order valence-electron chi connectivity index (χ2n) is 4.47. The fraction of sp³-hybridized carbons (Fsp3) is 0.357. The number of hydrogen-bond donors (Lipinski definition) is 1. The first-order chi connectivity index (χ1) is 8.65. The zero-order valence-corrected chi connectivity index (χ0v) is 11.2. The first kappa shape index (κ1) is 13.1. The fourth-order valence-electron chi connectivity index (χ4n) is 1.48. The molecule has 1 aliphatic carbocycles. The third-order valence-electron chi connectivity index (χ3n) is 2.72. The molecule has 0 unspecified atom stereocenters. The van der Waals surface area contributed by atoms with Gasteiger partial charge in [0.1, 0.15) is 5.76 Å². The zero-order chi connectivity index (χ0) is 13.0. The van der Waals surface area contributed by atoms with Crippen LogP contribution < -0.4 is 5.32 Å². The lowest BCUT2D eigenvalue weighted by Gasteiger charge is -2.06. The molecule has 1 aromatic rings. The molecule has 4 heteroatoms. The molecule has 2 rings (SSSR count). The molecule has 0 spiro atoms. The third kappa shape index (κ3) is 4.17. The number of benzene rings is 1. The number of oxime groups is 1. The van der Waals surface area contributed by atoms with Gasteiger partial charge in [-0.1, -0.05) is 35.5 Å². The standard InChI is InChI=1S/C14H17ClN2O/c1-10(9-16-14-6-7-14)18-17-11(2)12-4-3-5-13(15)8-12/h3-5,8,14,16H,1,6-7,9H2,2H3/b17-11+. The highest BCUT2D eigenvalue weighted by atomic mass is 35.5. The van der Waals surface area contributed by atoms with Gasteiger partial charge in [0.25, 0.3) is 0 Å². The molecule has 0 heterocycles. The SMILES string of the molecule is C=C(CNC1CC1)O/N=C(\C)c1cccc(Cl)c1. The highest BCUT2D eigenvalue weighted by molar-refractivity contribution is 6.31. The van der Waals surface area contributed by atoms with Crippen LogP contribution in [0, 0.1) is 0 Å². The van der Waals surface area contributed by atoms with E-state index < -0.39 is 0 Å². The van der Waals surface area contributed by atoms with Crippen LogP contribution in [-0.4, -0.2) is 18.3 Å². The van der Waals surface area contributed by atoms with Crippen molar-refractivity contribution >= 4 is 17.3 Å². The van der Waals surface area contributed by atoms with E-state index in [1.54, 1.807) is 0 Å². The first-order valence-electron chi connectivity index (χ1n) is 6.04. The summed E-state index contributed by atoms with van der Waals surface area (Å²) in [6, 6.07) is 8.16. The highest BCUT2D eigenvalue weighted by Crippen LogP contribution is 2.18. The molecule has 1 aliphatic rings. The van der Waals surface area contributed by atoms with Gasteiger partial charge in [0.15, 0.2) is 0 Å². The van der Waals surface area contributed by atoms with Gasteiger partial charge in [-0.2, -0.15) is 0 Å². The molecule has 96 valence electrons. The van der Waals surface area contributed by atoms with Crippen molar-refractivity contribution in [3.8, 4) is 0 Å². The number of nitrogens with one attached hydrogen (secondary N) is 1. The van der Waals surface area contributed by atoms with E-state index in [9.17, 15) is 0 Å². The predicted octanol–water partition coefficient (Wildman–Crippen LogP) is 3.35. The second kappa shape index (κ2) is 6.03. The largest absolute Gasteiger partial charge is 0.360 e. The van der Waals surface area contributed by atoms with E-state index in [1.165, 1.54) is 12.8 Å². The Hall–Kier alpha value is -1.32. The average Bonchev–Trinajstić information content (AvgIpc) is 3.17. The van der Waals surface area contributed by atoms with E-state index in [0.717, 1.165) is 11.3 Å². The number of halogens is 1. The van der Waals surface area contributed by atoms with E-state index in [-0.39, 0.29) is 0 Å². The van der Waals surface area contributed by atoms with Crippen molar-refractivity contribution in [2.24, 2.45) is 5.16 Å². The molecule has 0 atom stereocenters. The lowest BCUT2D eigenvalue weighted by molar-refractivity contribution is 0.220. The normalized spacial score (nSPS) is 15.6. The first-order valence-corrected chi connectivity index (χ1v) is 6.41. The number of rotatable bonds is 6. The van der Waals surface area contributed by atoms with Gasteiger partial charge >= 0.3 is 0 Å². The van der Waals surface area contributed by atoms with Crippen LogP contribution in [0.15, 0.2) is 41.8 Å². The Labute approximate surface area is 112 Å². The molecule has 18 heavy (non-hydrogen) atoms. The maximum Gasteiger partial charge on any atom is 0.141 e. The number of hydrogen-bond acceptors (Lipinski definition) is 3. The van der Waals surface area contributed by atoms with Crippen molar-refractivity contribution in [2.45, 2.75) is 25.8 Å². The van der Waals surface area contributed by atoms with E-state index in [0.29, 0.717) is 23.4 Å². The summed E-state index contributed by atoms with van der Waals surface area (Å²) in [5.41, 5.74) is 1.73. The molecule has 0 radical (unpaired) electrons. The Bertz CT molecular complexity index is 467. The monoisotopic (exact) mass is 264 g/mol. The summed E-state index contributed by atoms with van der Waals surface area (Å²) in [4.78, 5) is 5.26. The van der Waals surface area contributed by atoms with Crippen molar-refractivity contribution in [3.05, 3.63) is 47.2 Å². The minimum atomic E-state index is 0.628. The zero-order valence-electron chi connectivity index (χ0n) is 10.4. The molecule has 0 amide bonds. The second-order valence-corrected chi connectivity index (χ2v) is 4.91. The van der Waals surface area contributed by atoms with Gasteiger partial charge < -0.3 is 10.2 Å². The molecule has 0 aliphatic heterocycles. The van der Waals surface area contributed by atoms with Gasteiger partial charge in [0.2, 0.25) is 0 Å². The Morgan fingerprint density at radius 1 is 1.56 bits per heavy atom. The highest BCUT2D eigenvalue weighted by Gasteiger charge is 2.20. The van der Waals surface area contributed by atoms with Crippen LogP contribution in [0.5, 0.6) is 0 Å². The Balaban J connectivity index is 1.85. The van der Waals surface area contributed by atoms with Crippen LogP contribution >= 0.6 is 11.6 Å². The van der Waals surface area contributed by atoms with Gasteiger partial charge in [0.05, 0.1) is 12.3 Å². The Kier molecular flexibility index (Phi) is 4.39. The summed E-state index contributed by atoms with van der Waals surface area (Å²) >= 11 is 5.92. The smallest absolute Gasteiger partial charge is 0.141 e. The molecule has 3 nitrogen and oxygen atoms in total. The van der Waals surface area contributed by atoms with E-state index in [4.69, 9.17) is 16.4 Å². The van der Waals surface area contributed by atoms with E-state index in [2.05, 4.69) is 17.1 Å². The fourth-order valence-corrected chi connectivity index (χ4v) is 1.67. The minimum Gasteiger partial charge on any atom is -0.360 e. The van der Waals surface area contributed by atoms with Gasteiger partial charge in [-0.15, -0.1) is 0 Å². The van der Waals surface area contributed by atoms with Crippen molar-refractivity contribution in [1.29, 1.82) is 0 Å². The molecule has 1 aromatic carbocycles. The topological polar surface area (TPSA) is 33.6 Å². The lowest BCUT2D eigenvalue weighted by atomic mass is 10.1. The summed E-state index contributed by atoms with van der Waals surface area (Å²) in [5.74, 6) is 0.628. The van der Waals surface area contributed by atoms with Crippen molar-refractivity contribution in [3.63, 3.8) is 0 Å². The summed E-state index contributed by atoms with van der Waals surface area (Å²) < 4.78 is 0. The van der Waals surface area contributed by atoms with Gasteiger partial charge in [-0.25, -0.2) is 0 Å². The van der Waals surface area contributed by atoms with Crippen LogP contribution in [-0.2, 0) is 4.84 Å². The minimum absolute atomic E-state index is 0.628. The third-order valence-corrected chi connectivity index (χ3v) is 2.95. The Morgan fingerprint density at radius 2 is 2.33 bits per heavy atom. The molecule has 1 fully saturated rings. The van der Waals surface area contributed by atoms with Crippen molar-refractivity contribution in [2.75, 3.05) is 6.54 Å². The molecule has 0 aromatic heterocycles. The lowest BCUT2D eigenvalue weighted by Crippen LogP contribution is -2.19. The predicted molar refractivity (Wildman–Crippen MR) is 74.9 cm³/mol. The van der Waals surface area contributed by atoms with Crippen LogP contribution in [0.1, 0.15) is 25.3 Å².